The summed E-state index contributed by atoms with van der Waals surface area (Å²) in [6.45, 7) is 1.35. The van der Waals surface area contributed by atoms with Crippen LogP contribution >= 0.6 is 33.9 Å². The normalized spacial score (nSPS) is 16.0. The molecule has 0 unspecified atom stereocenters. The Kier molecular flexibility index (Phi) is 7.09. The standard InChI is InChI=1S/C31H25IN2O5S/c1-17(35)39-29-24(32)14-18(15-25(29)38-3)16-26-30(36)34-28(20-8-11-21(37-2)12-9-20)23-13-10-19-6-4-5-7-22(19)27(23)33-31(34)40-26/h4-9,11-12,14-16,28H,10,13H2,1-3H3/b26-16+/t28-/m0/s1. The Balaban J connectivity index is 1.55. The predicted molar refractivity (Wildman–Crippen MR) is 163 cm³/mol. The number of benzene rings is 3. The van der Waals surface area contributed by atoms with E-state index in [-0.39, 0.29) is 11.6 Å². The predicted octanol–water partition coefficient (Wildman–Crippen LogP) is 4.87. The number of carbonyl (C=O) groups excluding carboxylic acids is 1. The third-order valence-corrected chi connectivity index (χ3v) is 8.88. The van der Waals surface area contributed by atoms with Crippen molar-refractivity contribution >= 4 is 51.7 Å². The highest BCUT2D eigenvalue weighted by Crippen LogP contribution is 2.41. The van der Waals surface area contributed by atoms with Gasteiger partial charge in [-0.25, -0.2) is 4.99 Å². The average Bonchev–Trinajstić information content (AvgIpc) is 3.27. The van der Waals surface area contributed by atoms with Crippen LogP contribution in [0.3, 0.4) is 0 Å². The molecule has 2 aliphatic rings. The van der Waals surface area contributed by atoms with E-state index < -0.39 is 5.97 Å². The molecule has 0 saturated heterocycles. The van der Waals surface area contributed by atoms with E-state index in [0.717, 1.165) is 46.6 Å². The fourth-order valence-electron chi connectivity index (χ4n) is 5.33. The lowest BCUT2D eigenvalue weighted by Crippen LogP contribution is -2.38. The number of halogens is 1. The van der Waals surface area contributed by atoms with Gasteiger partial charge in [0.2, 0.25) is 0 Å². The molecule has 2 heterocycles. The number of carbonyl (C=O) groups is 1. The van der Waals surface area contributed by atoms with Gasteiger partial charge in [-0.1, -0.05) is 47.7 Å². The molecule has 9 heteroatoms. The van der Waals surface area contributed by atoms with Crippen LogP contribution in [0.2, 0.25) is 0 Å². The van der Waals surface area contributed by atoms with Crippen molar-refractivity contribution in [3.63, 3.8) is 0 Å². The van der Waals surface area contributed by atoms with Crippen LogP contribution in [0.25, 0.3) is 11.8 Å². The molecule has 0 spiro atoms. The molecule has 0 bridgehead atoms. The first-order valence-electron chi connectivity index (χ1n) is 12.7. The summed E-state index contributed by atoms with van der Waals surface area (Å²) in [5.41, 5.74) is 6.16. The van der Waals surface area contributed by atoms with Gasteiger partial charge in [-0.05, 0) is 88.0 Å². The molecule has 3 aromatic carbocycles. The van der Waals surface area contributed by atoms with Crippen LogP contribution in [0.15, 0.2) is 76.0 Å². The Morgan fingerprint density at radius 2 is 1.85 bits per heavy atom. The van der Waals surface area contributed by atoms with Gasteiger partial charge in [-0.2, -0.15) is 0 Å². The first kappa shape index (κ1) is 26.5. The number of methoxy groups -OCH3 is 2. The topological polar surface area (TPSA) is 79.1 Å². The van der Waals surface area contributed by atoms with Gasteiger partial charge in [0.25, 0.3) is 5.56 Å². The summed E-state index contributed by atoms with van der Waals surface area (Å²) < 4.78 is 19.3. The summed E-state index contributed by atoms with van der Waals surface area (Å²) in [7, 11) is 3.17. The maximum absolute atomic E-state index is 14.0. The molecule has 0 radical (unpaired) electrons. The van der Waals surface area contributed by atoms with Gasteiger partial charge in [-0.15, -0.1) is 0 Å². The number of aromatic nitrogens is 1. The first-order valence-corrected chi connectivity index (χ1v) is 14.6. The number of allylic oxidation sites excluding steroid dienone is 1. The molecule has 1 atom stereocenters. The van der Waals surface area contributed by atoms with Crippen molar-refractivity contribution in [2.24, 2.45) is 4.99 Å². The number of hydrogen-bond donors (Lipinski definition) is 0. The van der Waals surface area contributed by atoms with Crippen molar-refractivity contribution in [3.8, 4) is 17.2 Å². The zero-order valence-corrected chi connectivity index (χ0v) is 25.0. The molecule has 1 aliphatic carbocycles. The average molecular weight is 665 g/mol. The Morgan fingerprint density at radius 3 is 2.58 bits per heavy atom. The molecule has 0 N–H and O–H groups in total. The van der Waals surface area contributed by atoms with Crippen LogP contribution in [-0.4, -0.2) is 24.8 Å². The summed E-state index contributed by atoms with van der Waals surface area (Å²) in [6, 6.07) is 19.6. The third-order valence-electron chi connectivity index (χ3n) is 7.10. The Morgan fingerprint density at radius 1 is 1.07 bits per heavy atom. The van der Waals surface area contributed by atoms with Gasteiger partial charge in [0.05, 0.1) is 34.1 Å². The zero-order valence-electron chi connectivity index (χ0n) is 22.1. The zero-order chi connectivity index (χ0) is 28.0. The van der Waals surface area contributed by atoms with Crippen molar-refractivity contribution < 1.29 is 19.0 Å². The molecule has 7 nitrogen and oxygen atoms in total. The monoisotopic (exact) mass is 664 g/mol. The van der Waals surface area contributed by atoms with Gasteiger partial charge in [0.1, 0.15) is 5.75 Å². The van der Waals surface area contributed by atoms with Gasteiger partial charge in [0.15, 0.2) is 16.3 Å². The maximum atomic E-state index is 14.0. The number of nitrogens with zero attached hydrogens (tertiary/aromatic N) is 2. The van der Waals surface area contributed by atoms with Crippen LogP contribution < -0.4 is 29.1 Å². The second-order valence-corrected chi connectivity index (χ2v) is 11.7. The number of hydrogen-bond acceptors (Lipinski definition) is 7. The van der Waals surface area contributed by atoms with Crippen LogP contribution in [0.4, 0.5) is 0 Å². The largest absolute Gasteiger partial charge is 0.497 e. The lowest BCUT2D eigenvalue weighted by Gasteiger charge is -2.30. The number of rotatable bonds is 5. The van der Waals surface area contributed by atoms with E-state index in [2.05, 4.69) is 40.8 Å². The summed E-state index contributed by atoms with van der Waals surface area (Å²) >= 11 is 3.47. The Labute approximate surface area is 248 Å². The van der Waals surface area contributed by atoms with E-state index in [1.165, 1.54) is 30.9 Å². The van der Waals surface area contributed by atoms with Crippen molar-refractivity contribution in [3.05, 3.63) is 112 Å². The van der Waals surface area contributed by atoms with Crippen LogP contribution in [0.5, 0.6) is 17.2 Å². The second-order valence-electron chi connectivity index (χ2n) is 9.51. The second kappa shape index (κ2) is 10.7. The molecule has 1 aliphatic heterocycles. The van der Waals surface area contributed by atoms with E-state index in [0.29, 0.717) is 24.4 Å². The summed E-state index contributed by atoms with van der Waals surface area (Å²) in [6.07, 6.45) is 3.56. The molecule has 4 aromatic rings. The minimum absolute atomic E-state index is 0.104. The molecule has 0 fully saturated rings. The minimum atomic E-state index is -0.429. The summed E-state index contributed by atoms with van der Waals surface area (Å²) in [4.78, 5) is 31.3. The fourth-order valence-corrected chi connectivity index (χ4v) is 7.06. The SMILES string of the molecule is COc1ccc([C@H]2C3=C(N=c4s/c(=C/c5cc(I)c(OC(C)=O)c(OC)c5)c(=O)n42)c2ccccc2CC3)cc1. The number of aryl methyl sites for hydroxylation is 1. The highest BCUT2D eigenvalue weighted by atomic mass is 127. The van der Waals surface area contributed by atoms with Crippen molar-refractivity contribution in [2.45, 2.75) is 25.8 Å². The molecule has 202 valence electrons. The van der Waals surface area contributed by atoms with E-state index in [1.807, 2.05) is 47.0 Å². The Bertz CT molecular complexity index is 1870. The minimum Gasteiger partial charge on any atom is -0.497 e. The molecule has 6 rings (SSSR count). The molecular formula is C31H25IN2O5S. The van der Waals surface area contributed by atoms with Crippen molar-refractivity contribution in [2.75, 3.05) is 14.2 Å². The number of fused-ring (bicyclic) bond motifs is 3. The lowest BCUT2D eigenvalue weighted by molar-refractivity contribution is -0.132. The lowest BCUT2D eigenvalue weighted by atomic mass is 9.83. The van der Waals surface area contributed by atoms with Crippen LogP contribution in [0.1, 0.15) is 41.6 Å². The molecule has 40 heavy (non-hydrogen) atoms. The first-order chi connectivity index (χ1) is 19.4. The summed E-state index contributed by atoms with van der Waals surface area (Å²) in [5, 5.41) is 0. The van der Waals surface area contributed by atoms with Gasteiger partial charge in [0, 0.05) is 12.5 Å². The quantitative estimate of drug-likeness (QED) is 0.173. The van der Waals surface area contributed by atoms with E-state index in [4.69, 9.17) is 19.2 Å². The summed E-state index contributed by atoms with van der Waals surface area (Å²) in [5.74, 6) is 1.12. The number of esters is 1. The highest BCUT2D eigenvalue weighted by Gasteiger charge is 2.32. The Hall–Kier alpha value is -3.70. The smallest absolute Gasteiger partial charge is 0.308 e. The maximum Gasteiger partial charge on any atom is 0.308 e. The molecule has 0 saturated carbocycles. The van der Waals surface area contributed by atoms with Crippen LogP contribution in [-0.2, 0) is 11.2 Å². The van der Waals surface area contributed by atoms with Crippen molar-refractivity contribution in [1.29, 1.82) is 0 Å². The highest BCUT2D eigenvalue weighted by molar-refractivity contribution is 14.1. The van der Waals surface area contributed by atoms with Crippen LogP contribution in [0, 0.1) is 3.57 Å². The van der Waals surface area contributed by atoms with E-state index >= 15 is 0 Å². The molecule has 1 aromatic heterocycles. The number of ether oxygens (including phenoxy) is 3. The van der Waals surface area contributed by atoms with Gasteiger partial charge < -0.3 is 14.2 Å². The van der Waals surface area contributed by atoms with E-state index in [1.54, 1.807) is 13.2 Å². The van der Waals surface area contributed by atoms with Crippen molar-refractivity contribution in [1.82, 2.24) is 4.57 Å². The van der Waals surface area contributed by atoms with E-state index in [9.17, 15) is 9.59 Å². The van der Waals surface area contributed by atoms with Gasteiger partial charge in [-0.3, -0.25) is 14.2 Å². The fraction of sp³-hybridized carbons (Fsp3) is 0.194. The third kappa shape index (κ3) is 4.66. The molecular weight excluding hydrogens is 639 g/mol. The molecule has 0 amide bonds. The van der Waals surface area contributed by atoms with Gasteiger partial charge >= 0.3 is 5.97 Å². The number of thiazole rings is 1.